The summed E-state index contributed by atoms with van der Waals surface area (Å²) in [4.78, 5) is 30.9. The first-order valence-corrected chi connectivity index (χ1v) is 39.1. The second-order valence-electron chi connectivity index (χ2n) is 36.6. The predicted molar refractivity (Wildman–Crippen MR) is 369 cm³/mol. The third-order valence-corrected chi connectivity index (χ3v) is 33.4. The van der Waals surface area contributed by atoms with Gasteiger partial charge >= 0.3 is 5.97 Å². The number of ether oxygens (including phenoxy) is 2. The molecule has 1 saturated heterocycles. The van der Waals surface area contributed by atoms with Crippen molar-refractivity contribution in [2.24, 2.45) is 110 Å². The fraction of sp³-hybridized carbons (Fsp3) is 0.655. The Morgan fingerprint density at radius 3 is 2.35 bits per heavy atom. The van der Waals surface area contributed by atoms with Crippen molar-refractivity contribution >= 4 is 12.3 Å². The number of likely N-dealkylation sites (N-methyl/N-ethyl adjacent to an activating group) is 1. The smallest absolute Gasteiger partial charge is 0.331 e. The van der Waals surface area contributed by atoms with Crippen molar-refractivity contribution < 1.29 is 44.6 Å². The first-order chi connectivity index (χ1) is 47.0. The molecule has 510 valence electrons. The summed E-state index contributed by atoms with van der Waals surface area (Å²) in [5.74, 6) is 7.63. The maximum absolute atomic E-state index is 16.4. The third-order valence-electron chi connectivity index (χ3n) is 33.4. The van der Waals surface area contributed by atoms with E-state index in [1.165, 1.54) is 51.7 Å². The van der Waals surface area contributed by atoms with Crippen LogP contribution in [0.3, 0.4) is 0 Å². The van der Waals surface area contributed by atoms with Gasteiger partial charge in [-0.15, -0.1) is 0 Å². The zero-order valence-corrected chi connectivity index (χ0v) is 57.3. The lowest BCUT2D eigenvalue weighted by molar-refractivity contribution is -0.395. The third kappa shape index (κ3) is 8.35. The summed E-state index contributed by atoms with van der Waals surface area (Å²) in [5, 5.41) is 77.4. The van der Waals surface area contributed by atoms with Gasteiger partial charge in [0.05, 0.1) is 35.9 Å². The van der Waals surface area contributed by atoms with Gasteiger partial charge in [0.1, 0.15) is 23.6 Å². The lowest BCUT2D eigenvalue weighted by Gasteiger charge is -2.76. The Morgan fingerprint density at radius 1 is 0.691 bits per heavy atom. The van der Waals surface area contributed by atoms with E-state index in [9.17, 15) is 15.0 Å². The maximum Gasteiger partial charge on any atom is 0.331 e. The predicted octanol–water partition coefficient (Wildman–Crippen LogP) is 12.5. The molecular weight excluding hydrogens is 1200 g/mol. The van der Waals surface area contributed by atoms with Crippen LogP contribution in [0.25, 0.3) is 0 Å². The van der Waals surface area contributed by atoms with E-state index in [1.54, 1.807) is 6.08 Å². The molecule has 18 aliphatic carbocycles. The molecule has 0 amide bonds. The van der Waals surface area contributed by atoms with Crippen LogP contribution in [0.5, 0.6) is 0 Å². The summed E-state index contributed by atoms with van der Waals surface area (Å²) in [7, 11) is 1.99. The van der Waals surface area contributed by atoms with E-state index in [2.05, 4.69) is 96.9 Å². The summed E-state index contributed by atoms with van der Waals surface area (Å²) >= 11 is 0. The topological polar surface area (TPSA) is 166 Å². The summed E-state index contributed by atoms with van der Waals surface area (Å²) < 4.78 is 14.8. The van der Waals surface area contributed by atoms with Crippen molar-refractivity contribution in [1.29, 1.82) is 0 Å². The van der Waals surface area contributed by atoms with E-state index in [1.807, 2.05) is 19.2 Å². The molecule has 28 atom stereocenters. The second kappa shape index (κ2) is 21.8. The quantitative estimate of drug-likeness (QED) is 0.0661. The Bertz CT molecular complexity index is 4020. The number of nitrogens with one attached hydrogen (secondary N) is 1. The minimum absolute atomic E-state index is 0.0875. The number of aliphatic hydroxyl groups is 5. The van der Waals surface area contributed by atoms with Gasteiger partial charge in [0.25, 0.3) is 0 Å². The molecule has 10 nitrogen and oxygen atoms in total. The monoisotopic (exact) mass is 1310 g/mol. The molecule has 3 heterocycles. The number of esters is 1. The summed E-state index contributed by atoms with van der Waals surface area (Å²) in [6.07, 6.45) is 20.9. The number of carbonyl (C=O) groups is 2. The van der Waals surface area contributed by atoms with Crippen molar-refractivity contribution in [3.05, 3.63) is 152 Å². The van der Waals surface area contributed by atoms with E-state index >= 15 is 20.1 Å². The van der Waals surface area contributed by atoms with E-state index in [0.29, 0.717) is 81.0 Å². The van der Waals surface area contributed by atoms with E-state index in [4.69, 9.17) is 9.47 Å². The molecule has 3 spiro atoms. The normalized spacial score (nSPS) is 48.8. The van der Waals surface area contributed by atoms with Gasteiger partial charge in [-0.3, -0.25) is 0 Å². The van der Waals surface area contributed by atoms with Gasteiger partial charge in [0, 0.05) is 57.6 Å². The van der Waals surface area contributed by atoms with Crippen LogP contribution in [0, 0.1) is 122 Å². The van der Waals surface area contributed by atoms with Gasteiger partial charge < -0.3 is 45.1 Å². The molecule has 10 saturated carbocycles. The van der Waals surface area contributed by atoms with Crippen LogP contribution in [-0.2, 0) is 64.2 Å². The van der Waals surface area contributed by atoms with Crippen molar-refractivity contribution in [3.8, 4) is 11.8 Å². The molecule has 0 aromatic heterocycles. The van der Waals surface area contributed by atoms with Gasteiger partial charge in [-0.2, -0.15) is 0 Å². The van der Waals surface area contributed by atoms with Gasteiger partial charge in [0.15, 0.2) is 0 Å². The molecule has 97 heavy (non-hydrogen) atoms. The molecule has 28 unspecified atom stereocenters. The summed E-state index contributed by atoms with van der Waals surface area (Å²) in [5.41, 5.74) is 3.65. The van der Waals surface area contributed by atoms with Crippen LogP contribution in [0.4, 0.5) is 0 Å². The van der Waals surface area contributed by atoms with Crippen molar-refractivity contribution in [1.82, 2.24) is 5.32 Å². The molecule has 10 heteroatoms. The van der Waals surface area contributed by atoms with E-state index in [-0.39, 0.29) is 78.7 Å². The minimum atomic E-state index is -2.26. The average molecular weight is 1310 g/mol. The lowest BCUT2D eigenvalue weighted by atomic mass is 9.31. The van der Waals surface area contributed by atoms with Crippen molar-refractivity contribution in [3.63, 3.8) is 0 Å². The summed E-state index contributed by atoms with van der Waals surface area (Å²) in [6.45, 7) is 2.33. The van der Waals surface area contributed by atoms with Crippen LogP contribution in [0.1, 0.15) is 197 Å². The number of hydrogen-bond acceptors (Lipinski definition) is 10. The van der Waals surface area contributed by atoms with E-state index < -0.39 is 74.3 Å². The molecule has 6 N–H and O–H groups in total. The van der Waals surface area contributed by atoms with E-state index in [0.717, 1.165) is 125 Å². The van der Waals surface area contributed by atoms with Crippen LogP contribution in [-0.4, -0.2) is 92.1 Å². The molecular formula is C87H103NO9. The Kier molecular flexibility index (Phi) is 13.9. The number of aldehydes is 1. The molecule has 21 aliphatic rings. The minimum Gasteiger partial charge on any atom is -0.454 e. The fourth-order valence-corrected chi connectivity index (χ4v) is 30.0. The molecule has 11 fully saturated rings. The van der Waals surface area contributed by atoms with Gasteiger partial charge in [-0.1, -0.05) is 97.6 Å². The fourth-order valence-electron chi connectivity index (χ4n) is 30.0. The van der Waals surface area contributed by atoms with Gasteiger partial charge in [0.2, 0.25) is 0 Å². The highest BCUT2D eigenvalue weighted by molar-refractivity contribution is 5.86. The van der Waals surface area contributed by atoms with Gasteiger partial charge in [-0.25, -0.2) is 4.79 Å². The van der Waals surface area contributed by atoms with Crippen LogP contribution in [0.2, 0.25) is 0 Å². The van der Waals surface area contributed by atoms with Gasteiger partial charge in [-0.05, 0) is 307 Å². The Balaban J connectivity index is 0.835. The largest absolute Gasteiger partial charge is 0.454 e. The van der Waals surface area contributed by atoms with Crippen LogP contribution >= 0.6 is 0 Å². The first-order valence-electron chi connectivity index (χ1n) is 39.1. The van der Waals surface area contributed by atoms with Crippen molar-refractivity contribution in [2.45, 2.75) is 234 Å². The highest BCUT2D eigenvalue weighted by Gasteiger charge is 2.88. The zero-order chi connectivity index (χ0) is 65.5. The highest BCUT2D eigenvalue weighted by Crippen LogP contribution is 2.82. The number of carbonyl (C=O) groups excluding carboxylic acids is 2. The standard InChI is InChI=1S/C87H103NO9/c1-48-54-16-15-52(29-54)28-49-7-3-8-50(27-49)32-66-38-65-35-62-33-57-19-21-71(62)84(65)46-83(47-90)75-24-26-82-45-81(41-60-17-20-67-58(31-51-9-4-11-56(57)30-51)12-6-13-59(67)34-63(60)42-81)25-23-53-10-5-14-61(44-89)68(53)39-74(88-2)69-36-64(77(82)70-40-76(91)97-78(69)70)43-85(82,93)87(75,95)79(92)73-37-55(48)18-22-72(80(84)96-66)86(73,83)94/h3-14,27,30,40,47-48,52,54-55,57,60,62-66,69,71-75,77-80,88-89,92-95H,15-22,24,26,28-29,31-39,41-46H2,1-2H3. The molecule has 3 aliphatic heterocycles. The SMILES string of the molecule is CNC1Cc2c(cccc2CO)C#CC23CC4CCc5c(cccc5CC4C2)Cc2cccc(c2)C2CCC4C(C2)CC2CC5Cc6cccc(c6)CC6CCC(C6)C(C)C6CCC7C(O5)C24CC2(C=O)C4CCC5(C3)C3C8=CC(=O)OC8C1CC3CC5(O)C4(O)C(O)C(C6)C72O. The number of rotatable bonds is 3. The first kappa shape index (κ1) is 61.9. The lowest BCUT2D eigenvalue weighted by Crippen LogP contribution is -2.87. The Morgan fingerprint density at radius 2 is 1.48 bits per heavy atom. The second-order valence-corrected chi connectivity index (χ2v) is 36.6. The van der Waals surface area contributed by atoms with Crippen LogP contribution < -0.4 is 5.32 Å². The maximum atomic E-state index is 16.4. The molecule has 0 radical (unpaired) electrons. The Labute approximate surface area is 574 Å². The van der Waals surface area contributed by atoms with Crippen LogP contribution in [0.15, 0.2) is 96.6 Å². The molecule has 4 aromatic carbocycles. The van der Waals surface area contributed by atoms with Crippen molar-refractivity contribution in [2.75, 3.05) is 7.05 Å². The molecule has 25 rings (SSSR count). The number of benzene rings is 4. The summed E-state index contributed by atoms with van der Waals surface area (Å²) in [6, 6.07) is 32.1. The molecule has 27 bridgehead atoms. The number of fused-ring (bicyclic) bond motifs is 8. The highest BCUT2D eigenvalue weighted by atomic mass is 16.5. The number of aliphatic hydroxyl groups excluding tert-OH is 2. The number of hydrogen-bond donors (Lipinski definition) is 6. The Hall–Kier alpha value is -4.96. The zero-order valence-electron chi connectivity index (χ0n) is 57.3. The average Bonchev–Trinajstić information content (AvgIpc) is 1.62. The molecule has 4 aromatic rings.